The van der Waals surface area contributed by atoms with Crippen molar-refractivity contribution < 1.29 is 9.59 Å². The molecule has 1 aliphatic heterocycles. The van der Waals surface area contributed by atoms with Crippen molar-refractivity contribution in [3.05, 3.63) is 52.2 Å². The molecule has 0 aliphatic carbocycles. The Balaban J connectivity index is 1.67. The second kappa shape index (κ2) is 6.99. The van der Waals surface area contributed by atoms with Gasteiger partial charge in [0.1, 0.15) is 6.54 Å². The Morgan fingerprint density at radius 1 is 1.26 bits per heavy atom. The van der Waals surface area contributed by atoms with Gasteiger partial charge in [0.15, 0.2) is 0 Å². The third-order valence-electron chi connectivity index (χ3n) is 3.29. The minimum absolute atomic E-state index is 0.0870. The van der Waals surface area contributed by atoms with E-state index < -0.39 is 0 Å². The maximum atomic E-state index is 12.2. The molecule has 2 N–H and O–H groups in total. The molecule has 2 aromatic rings. The van der Waals surface area contributed by atoms with Crippen LogP contribution in [0.3, 0.4) is 0 Å². The molecule has 1 aliphatic rings. The van der Waals surface area contributed by atoms with E-state index in [1.54, 1.807) is 17.4 Å². The maximum Gasteiger partial charge on any atom is 0.322 e. The number of benzene rings is 1. The fourth-order valence-corrected chi connectivity index (χ4v) is 2.74. The molecule has 3 rings (SSSR count). The van der Waals surface area contributed by atoms with Crippen LogP contribution in [0.2, 0.25) is 0 Å². The van der Waals surface area contributed by atoms with Crippen LogP contribution >= 0.6 is 11.3 Å². The van der Waals surface area contributed by atoms with Gasteiger partial charge in [-0.15, -0.1) is 11.3 Å². The molecule has 0 spiro atoms. The zero-order valence-corrected chi connectivity index (χ0v) is 13.2. The molecule has 1 saturated heterocycles. The Labute approximate surface area is 138 Å². The lowest BCUT2D eigenvalue weighted by Gasteiger charge is -2.26. The van der Waals surface area contributed by atoms with Gasteiger partial charge < -0.3 is 15.5 Å². The second-order valence-corrected chi connectivity index (χ2v) is 5.96. The minimum atomic E-state index is -0.275. The van der Waals surface area contributed by atoms with E-state index in [-0.39, 0.29) is 18.5 Å². The van der Waals surface area contributed by atoms with Crippen LogP contribution in [0.25, 0.3) is 0 Å². The summed E-state index contributed by atoms with van der Waals surface area (Å²) < 4.78 is 0. The minimum Gasteiger partial charge on any atom is -0.353 e. The number of amides is 3. The van der Waals surface area contributed by atoms with Gasteiger partial charge in [-0.2, -0.15) is 0 Å². The third kappa shape index (κ3) is 4.11. The number of carbonyl (C=O) groups is 2. The van der Waals surface area contributed by atoms with Crippen LogP contribution in [0, 0.1) is 11.8 Å². The molecule has 1 fully saturated rings. The first-order valence-electron chi connectivity index (χ1n) is 7.19. The van der Waals surface area contributed by atoms with E-state index in [9.17, 15) is 9.59 Å². The van der Waals surface area contributed by atoms with Crippen molar-refractivity contribution in [1.82, 2.24) is 10.2 Å². The van der Waals surface area contributed by atoms with Crippen LogP contribution in [0.1, 0.15) is 10.4 Å². The van der Waals surface area contributed by atoms with Gasteiger partial charge in [0.05, 0.1) is 4.88 Å². The van der Waals surface area contributed by atoms with Crippen LogP contribution in [0.15, 0.2) is 41.8 Å². The summed E-state index contributed by atoms with van der Waals surface area (Å²) >= 11 is 1.59. The summed E-state index contributed by atoms with van der Waals surface area (Å²) in [5.41, 5.74) is 1.49. The van der Waals surface area contributed by atoms with Crippen LogP contribution in [-0.2, 0) is 4.79 Å². The molecule has 1 aromatic carbocycles. The molecule has 116 valence electrons. The van der Waals surface area contributed by atoms with Gasteiger partial charge in [-0.05, 0) is 29.6 Å². The topological polar surface area (TPSA) is 61.4 Å². The quantitative estimate of drug-likeness (QED) is 0.789. The van der Waals surface area contributed by atoms with Gasteiger partial charge in [-0.3, -0.25) is 4.79 Å². The largest absolute Gasteiger partial charge is 0.353 e. The molecule has 2 heterocycles. The number of rotatable bonds is 1. The summed E-state index contributed by atoms with van der Waals surface area (Å²) in [6.45, 7) is 1.08. The molecule has 3 amide bonds. The van der Waals surface area contributed by atoms with Crippen molar-refractivity contribution in [3.63, 3.8) is 0 Å². The molecule has 6 heteroatoms. The summed E-state index contributed by atoms with van der Waals surface area (Å²) in [6.07, 6.45) is 0. The standard InChI is InChI=1S/C17H15N3O2S/c21-16-12-20(9-8-18-16)17(22)19-14-4-1-3-13(11-14)6-7-15-5-2-10-23-15/h1-5,10-11H,8-9,12H2,(H,18,21)(H,19,22). The lowest BCUT2D eigenvalue weighted by Crippen LogP contribution is -2.51. The monoisotopic (exact) mass is 325 g/mol. The predicted octanol–water partition coefficient (Wildman–Crippen LogP) is 2.11. The summed E-state index contributed by atoms with van der Waals surface area (Å²) in [5, 5.41) is 7.48. The van der Waals surface area contributed by atoms with Crippen molar-refractivity contribution in [2.24, 2.45) is 0 Å². The highest BCUT2D eigenvalue weighted by molar-refractivity contribution is 7.10. The molecule has 0 atom stereocenters. The number of nitrogens with one attached hydrogen (secondary N) is 2. The molecule has 23 heavy (non-hydrogen) atoms. The lowest BCUT2D eigenvalue weighted by molar-refractivity contribution is -0.123. The van der Waals surface area contributed by atoms with Gasteiger partial charge >= 0.3 is 6.03 Å². The number of urea groups is 1. The van der Waals surface area contributed by atoms with E-state index in [0.29, 0.717) is 18.8 Å². The van der Waals surface area contributed by atoms with E-state index in [1.165, 1.54) is 4.90 Å². The smallest absolute Gasteiger partial charge is 0.322 e. The van der Waals surface area contributed by atoms with Crippen LogP contribution in [0.5, 0.6) is 0 Å². The van der Waals surface area contributed by atoms with Crippen molar-refractivity contribution in [3.8, 4) is 11.8 Å². The Morgan fingerprint density at radius 2 is 2.17 bits per heavy atom. The molecule has 1 aromatic heterocycles. The van der Waals surface area contributed by atoms with Crippen molar-refractivity contribution in [2.75, 3.05) is 25.0 Å². The highest BCUT2D eigenvalue weighted by Gasteiger charge is 2.20. The number of hydrogen-bond donors (Lipinski definition) is 2. The SMILES string of the molecule is O=C1CN(C(=O)Nc2cccc(C#Cc3cccs3)c2)CCN1. The van der Waals surface area contributed by atoms with Gasteiger partial charge in [-0.1, -0.05) is 24.0 Å². The molecule has 0 bridgehead atoms. The molecule has 0 radical (unpaired) electrons. The third-order valence-corrected chi connectivity index (χ3v) is 4.08. The predicted molar refractivity (Wildman–Crippen MR) is 90.3 cm³/mol. The van der Waals surface area contributed by atoms with Crippen LogP contribution < -0.4 is 10.6 Å². The molecular formula is C17H15N3O2S. The molecular weight excluding hydrogens is 310 g/mol. The van der Waals surface area contributed by atoms with Crippen molar-refractivity contribution in [2.45, 2.75) is 0 Å². The number of nitrogens with zero attached hydrogens (tertiary/aromatic N) is 1. The summed E-state index contributed by atoms with van der Waals surface area (Å²) in [6, 6.07) is 11.0. The summed E-state index contributed by atoms with van der Waals surface area (Å²) in [7, 11) is 0. The normalized spacial score (nSPS) is 13.7. The molecule has 5 nitrogen and oxygen atoms in total. The van der Waals surface area contributed by atoms with Gasteiger partial charge in [-0.25, -0.2) is 4.79 Å². The Bertz CT molecular complexity index is 775. The highest BCUT2D eigenvalue weighted by atomic mass is 32.1. The van der Waals surface area contributed by atoms with Crippen molar-refractivity contribution >= 4 is 29.0 Å². The van der Waals surface area contributed by atoms with E-state index in [1.807, 2.05) is 35.7 Å². The maximum absolute atomic E-state index is 12.2. The number of carbonyl (C=O) groups excluding carboxylic acids is 2. The zero-order valence-electron chi connectivity index (χ0n) is 12.3. The number of piperazine rings is 1. The Kier molecular flexibility index (Phi) is 4.60. The molecule has 0 unspecified atom stereocenters. The van der Waals surface area contributed by atoms with Crippen LogP contribution in [0.4, 0.5) is 10.5 Å². The van der Waals surface area contributed by atoms with Crippen molar-refractivity contribution in [1.29, 1.82) is 0 Å². The fourth-order valence-electron chi connectivity index (χ4n) is 2.17. The van der Waals surface area contributed by atoms with Crippen LogP contribution in [-0.4, -0.2) is 36.5 Å². The van der Waals surface area contributed by atoms with Gasteiger partial charge in [0.25, 0.3) is 0 Å². The Hall–Kier alpha value is -2.78. The van der Waals surface area contributed by atoms with Gasteiger partial charge in [0, 0.05) is 24.3 Å². The average Bonchev–Trinajstić information content (AvgIpc) is 3.07. The average molecular weight is 325 g/mol. The first kappa shape index (κ1) is 15.1. The highest BCUT2D eigenvalue weighted by Crippen LogP contribution is 2.12. The molecule has 0 saturated carbocycles. The first-order valence-corrected chi connectivity index (χ1v) is 8.07. The van der Waals surface area contributed by atoms with E-state index in [0.717, 1.165) is 10.4 Å². The fraction of sp³-hybridized carbons (Fsp3) is 0.176. The van der Waals surface area contributed by atoms with E-state index in [4.69, 9.17) is 0 Å². The Morgan fingerprint density at radius 3 is 2.96 bits per heavy atom. The van der Waals surface area contributed by atoms with E-state index >= 15 is 0 Å². The summed E-state index contributed by atoms with van der Waals surface area (Å²) in [5.74, 6) is 6.02. The number of hydrogen-bond acceptors (Lipinski definition) is 3. The second-order valence-electron chi connectivity index (χ2n) is 5.01. The lowest BCUT2D eigenvalue weighted by atomic mass is 10.2. The summed E-state index contributed by atoms with van der Waals surface area (Å²) in [4.78, 5) is 26.0. The van der Waals surface area contributed by atoms with E-state index in [2.05, 4.69) is 22.5 Å². The number of anilines is 1. The number of thiophene rings is 1. The van der Waals surface area contributed by atoms with Gasteiger partial charge in [0.2, 0.25) is 5.91 Å². The zero-order chi connectivity index (χ0) is 16.1. The first-order chi connectivity index (χ1) is 11.2.